The maximum absolute atomic E-state index is 13.3. The molecular formula is C14H20ClFN2. The molecule has 0 saturated carbocycles. The second kappa shape index (κ2) is 6.50. The van der Waals surface area contributed by atoms with Gasteiger partial charge in [0.15, 0.2) is 0 Å². The van der Waals surface area contributed by atoms with Crippen molar-refractivity contribution in [2.75, 3.05) is 20.1 Å². The highest BCUT2D eigenvalue weighted by Crippen LogP contribution is 2.23. The Balaban J connectivity index is 2.08. The van der Waals surface area contributed by atoms with Crippen molar-refractivity contribution in [2.24, 2.45) is 0 Å². The molecule has 1 N–H and O–H groups in total. The van der Waals surface area contributed by atoms with Gasteiger partial charge in [0.1, 0.15) is 5.82 Å². The number of halogens is 2. The molecule has 4 heteroatoms. The van der Waals surface area contributed by atoms with Crippen LogP contribution in [0.5, 0.6) is 0 Å². The van der Waals surface area contributed by atoms with Crippen LogP contribution < -0.4 is 5.32 Å². The van der Waals surface area contributed by atoms with E-state index >= 15 is 0 Å². The molecule has 0 radical (unpaired) electrons. The van der Waals surface area contributed by atoms with Crippen LogP contribution in [0.15, 0.2) is 18.2 Å². The van der Waals surface area contributed by atoms with E-state index in [0.29, 0.717) is 11.1 Å². The number of nitrogens with zero attached hydrogens (tertiary/aromatic N) is 1. The lowest BCUT2D eigenvalue weighted by atomic mass is 10.0. The van der Waals surface area contributed by atoms with E-state index in [1.165, 1.54) is 25.3 Å². The van der Waals surface area contributed by atoms with Gasteiger partial charge in [-0.15, -0.1) is 0 Å². The minimum absolute atomic E-state index is 0.212. The zero-order valence-electron chi connectivity index (χ0n) is 10.8. The fraction of sp³-hybridized carbons (Fsp3) is 0.571. The Labute approximate surface area is 113 Å². The zero-order chi connectivity index (χ0) is 13.0. The molecule has 1 aromatic carbocycles. The summed E-state index contributed by atoms with van der Waals surface area (Å²) in [7, 11) is 1.97. The molecule has 1 atom stereocenters. The molecule has 1 aromatic rings. The van der Waals surface area contributed by atoms with E-state index in [0.717, 1.165) is 25.2 Å². The minimum atomic E-state index is -0.212. The zero-order valence-corrected chi connectivity index (χ0v) is 11.5. The van der Waals surface area contributed by atoms with Crippen molar-refractivity contribution >= 4 is 11.6 Å². The molecule has 0 amide bonds. The van der Waals surface area contributed by atoms with Gasteiger partial charge in [-0.3, -0.25) is 4.90 Å². The molecule has 100 valence electrons. The number of rotatable bonds is 4. The van der Waals surface area contributed by atoms with Gasteiger partial charge in [0.2, 0.25) is 0 Å². The third-order valence-corrected chi connectivity index (χ3v) is 3.94. The summed E-state index contributed by atoms with van der Waals surface area (Å²) in [5, 5.41) is 3.89. The molecule has 2 nitrogen and oxygen atoms in total. The summed E-state index contributed by atoms with van der Waals surface area (Å²) in [4.78, 5) is 2.40. The van der Waals surface area contributed by atoms with E-state index in [1.807, 2.05) is 7.05 Å². The molecule has 0 spiro atoms. The van der Waals surface area contributed by atoms with E-state index in [1.54, 1.807) is 12.1 Å². The van der Waals surface area contributed by atoms with Crippen LogP contribution in [0.1, 0.15) is 24.8 Å². The summed E-state index contributed by atoms with van der Waals surface area (Å²) in [5.41, 5.74) is 0.889. The first-order valence-electron chi connectivity index (χ1n) is 6.53. The molecule has 1 unspecified atom stereocenters. The Morgan fingerprint density at radius 2 is 2.28 bits per heavy atom. The lowest BCUT2D eigenvalue weighted by Crippen LogP contribution is -2.44. The number of likely N-dealkylation sites (N-methyl/N-ethyl adjacent to an activating group) is 1. The molecule has 1 aliphatic heterocycles. The van der Waals surface area contributed by atoms with Crippen molar-refractivity contribution < 1.29 is 4.39 Å². The van der Waals surface area contributed by atoms with Crippen molar-refractivity contribution in [3.63, 3.8) is 0 Å². The van der Waals surface area contributed by atoms with Gasteiger partial charge in [-0.2, -0.15) is 0 Å². The molecule has 1 fully saturated rings. The lowest BCUT2D eigenvalue weighted by molar-refractivity contribution is 0.139. The number of piperidine rings is 1. The van der Waals surface area contributed by atoms with Crippen LogP contribution >= 0.6 is 11.6 Å². The third kappa shape index (κ3) is 3.44. The largest absolute Gasteiger partial charge is 0.318 e. The van der Waals surface area contributed by atoms with Gasteiger partial charge >= 0.3 is 0 Å². The molecule has 0 aromatic heterocycles. The van der Waals surface area contributed by atoms with Crippen molar-refractivity contribution in [3.8, 4) is 0 Å². The second-order valence-corrected chi connectivity index (χ2v) is 5.32. The molecule has 18 heavy (non-hydrogen) atoms. The van der Waals surface area contributed by atoms with E-state index in [4.69, 9.17) is 11.6 Å². The van der Waals surface area contributed by atoms with Crippen LogP contribution in [0.4, 0.5) is 4.39 Å². The summed E-state index contributed by atoms with van der Waals surface area (Å²) >= 11 is 6.13. The summed E-state index contributed by atoms with van der Waals surface area (Å²) in [6.07, 6.45) is 3.70. The second-order valence-electron chi connectivity index (χ2n) is 4.91. The predicted octanol–water partition coefficient (Wildman–Crippen LogP) is 3.05. The monoisotopic (exact) mass is 270 g/mol. The standard InChI is InChI=1S/C14H20ClFN2/c1-17-9-13-4-2-3-7-18(13)10-11-8-12(16)5-6-14(11)15/h5-6,8,13,17H,2-4,7,9-10H2,1H3. The first kappa shape index (κ1) is 13.8. The summed E-state index contributed by atoms with van der Waals surface area (Å²) in [6, 6.07) is 5.13. The summed E-state index contributed by atoms with van der Waals surface area (Å²) in [5.74, 6) is -0.212. The van der Waals surface area contributed by atoms with Crippen molar-refractivity contribution in [1.82, 2.24) is 10.2 Å². The summed E-state index contributed by atoms with van der Waals surface area (Å²) < 4.78 is 13.3. The maximum atomic E-state index is 13.3. The minimum Gasteiger partial charge on any atom is -0.318 e. The van der Waals surface area contributed by atoms with Gasteiger partial charge < -0.3 is 5.32 Å². The number of hydrogen-bond acceptors (Lipinski definition) is 2. The van der Waals surface area contributed by atoms with E-state index in [-0.39, 0.29) is 5.82 Å². The van der Waals surface area contributed by atoms with Gasteiger partial charge in [0, 0.05) is 24.2 Å². The van der Waals surface area contributed by atoms with Gasteiger partial charge in [-0.05, 0) is 50.2 Å². The highest BCUT2D eigenvalue weighted by molar-refractivity contribution is 6.31. The molecule has 1 heterocycles. The third-order valence-electron chi connectivity index (χ3n) is 3.57. The Morgan fingerprint density at radius 1 is 1.44 bits per heavy atom. The van der Waals surface area contributed by atoms with E-state index in [9.17, 15) is 4.39 Å². The lowest BCUT2D eigenvalue weighted by Gasteiger charge is -2.35. The highest BCUT2D eigenvalue weighted by atomic mass is 35.5. The SMILES string of the molecule is CNCC1CCCCN1Cc1cc(F)ccc1Cl. The van der Waals surface area contributed by atoms with Crippen LogP contribution in [0.3, 0.4) is 0 Å². The molecule has 1 aliphatic rings. The van der Waals surface area contributed by atoms with E-state index in [2.05, 4.69) is 10.2 Å². The average molecular weight is 271 g/mol. The maximum Gasteiger partial charge on any atom is 0.123 e. The molecule has 1 saturated heterocycles. The smallest absolute Gasteiger partial charge is 0.123 e. The van der Waals surface area contributed by atoms with Crippen LogP contribution in [0.25, 0.3) is 0 Å². The molecule has 2 rings (SSSR count). The average Bonchev–Trinajstić information content (AvgIpc) is 2.36. The van der Waals surface area contributed by atoms with E-state index < -0.39 is 0 Å². The fourth-order valence-corrected chi connectivity index (χ4v) is 2.80. The molecular weight excluding hydrogens is 251 g/mol. The normalized spacial score (nSPS) is 21.2. The van der Waals surface area contributed by atoms with Gasteiger partial charge in [0.25, 0.3) is 0 Å². The Kier molecular flexibility index (Phi) is 4.98. The Bertz CT molecular complexity index is 395. The van der Waals surface area contributed by atoms with Crippen LogP contribution in [0.2, 0.25) is 5.02 Å². The van der Waals surface area contributed by atoms with Crippen molar-refractivity contribution in [2.45, 2.75) is 31.8 Å². The first-order valence-corrected chi connectivity index (χ1v) is 6.91. The van der Waals surface area contributed by atoms with Gasteiger partial charge in [0.05, 0.1) is 0 Å². The Hall–Kier alpha value is -0.640. The van der Waals surface area contributed by atoms with Gasteiger partial charge in [-0.25, -0.2) is 4.39 Å². The predicted molar refractivity (Wildman–Crippen MR) is 73.4 cm³/mol. The van der Waals surface area contributed by atoms with Crippen LogP contribution in [-0.2, 0) is 6.54 Å². The highest BCUT2D eigenvalue weighted by Gasteiger charge is 2.22. The molecule has 0 bridgehead atoms. The first-order chi connectivity index (χ1) is 8.70. The van der Waals surface area contributed by atoms with Crippen molar-refractivity contribution in [1.29, 1.82) is 0 Å². The number of benzene rings is 1. The van der Waals surface area contributed by atoms with Gasteiger partial charge in [-0.1, -0.05) is 18.0 Å². The fourth-order valence-electron chi connectivity index (χ4n) is 2.62. The Morgan fingerprint density at radius 3 is 3.06 bits per heavy atom. The van der Waals surface area contributed by atoms with Crippen LogP contribution in [0, 0.1) is 5.82 Å². The topological polar surface area (TPSA) is 15.3 Å². The quantitative estimate of drug-likeness (QED) is 0.905. The number of hydrogen-bond donors (Lipinski definition) is 1. The van der Waals surface area contributed by atoms with Crippen LogP contribution in [-0.4, -0.2) is 31.1 Å². The summed E-state index contributed by atoms with van der Waals surface area (Å²) in [6.45, 7) is 2.79. The number of likely N-dealkylation sites (tertiary alicyclic amines) is 1. The molecule has 0 aliphatic carbocycles. The van der Waals surface area contributed by atoms with Crippen molar-refractivity contribution in [3.05, 3.63) is 34.6 Å². The number of nitrogens with one attached hydrogen (secondary N) is 1.